The summed E-state index contributed by atoms with van der Waals surface area (Å²) < 4.78 is 0. The maximum Gasteiger partial charge on any atom is 0.0843 e. The Morgan fingerprint density at radius 2 is 2.00 bits per heavy atom. The largest absolute Gasteiger partial charge is 0.393 e. The molecule has 2 nitrogen and oxygen atoms in total. The van der Waals surface area contributed by atoms with Gasteiger partial charge in [-0.05, 0) is 73.8 Å². The van der Waals surface area contributed by atoms with Crippen LogP contribution >= 0.6 is 0 Å². The fourth-order valence-corrected chi connectivity index (χ4v) is 5.51. The summed E-state index contributed by atoms with van der Waals surface area (Å²) in [6, 6.07) is 8.15. The zero-order valence-electron chi connectivity index (χ0n) is 16.2. The average molecular weight is 343 g/mol. The van der Waals surface area contributed by atoms with Crippen LogP contribution in [0.5, 0.6) is 0 Å². The van der Waals surface area contributed by atoms with Gasteiger partial charge in [0.05, 0.1) is 11.7 Å². The first-order valence-corrected chi connectivity index (χ1v) is 9.89. The highest BCUT2D eigenvalue weighted by molar-refractivity contribution is 5.33. The average Bonchev–Trinajstić information content (AvgIpc) is 2.79. The van der Waals surface area contributed by atoms with E-state index in [2.05, 4.69) is 32.1 Å². The summed E-state index contributed by atoms with van der Waals surface area (Å²) in [5.41, 5.74) is 1.66. The maximum atomic E-state index is 10.6. The minimum Gasteiger partial charge on any atom is -0.393 e. The van der Waals surface area contributed by atoms with Crippen molar-refractivity contribution in [2.45, 2.75) is 71.5 Å². The number of rotatable bonds is 4. The van der Waals surface area contributed by atoms with Crippen molar-refractivity contribution in [3.63, 3.8) is 0 Å². The Kier molecular flexibility index (Phi) is 5.14. The first-order valence-electron chi connectivity index (χ1n) is 9.89. The molecule has 0 amide bonds. The van der Waals surface area contributed by atoms with Crippen LogP contribution in [0.25, 0.3) is 0 Å². The third-order valence-corrected chi connectivity index (χ3v) is 7.00. The van der Waals surface area contributed by atoms with Crippen molar-refractivity contribution in [1.82, 2.24) is 0 Å². The lowest BCUT2D eigenvalue weighted by Gasteiger charge is -2.43. The van der Waals surface area contributed by atoms with E-state index in [4.69, 9.17) is 0 Å². The summed E-state index contributed by atoms with van der Waals surface area (Å²) in [6.45, 7) is 8.45. The highest BCUT2D eigenvalue weighted by atomic mass is 16.3. The van der Waals surface area contributed by atoms with Gasteiger partial charge in [0, 0.05) is 0 Å². The number of aliphatic hydroxyl groups is 2. The standard InChI is InChI=1S/C23H34O2/c1-16-15-18(21-20(24)13-8-14-23(16,21)4)11-7-10-17-9-5-6-12-19(17)22(2,3)25/h5-7,9,11-12,16,18,20-21,24-25H,8,10,13-15H2,1-4H3/t16-,18?,20?,21?,23?/m1/s1. The highest BCUT2D eigenvalue weighted by Gasteiger charge is 2.53. The number of benzene rings is 1. The van der Waals surface area contributed by atoms with Gasteiger partial charge in [0.2, 0.25) is 0 Å². The molecule has 0 spiro atoms. The lowest BCUT2D eigenvalue weighted by atomic mass is 9.63. The monoisotopic (exact) mass is 342 g/mol. The zero-order valence-corrected chi connectivity index (χ0v) is 16.2. The third-order valence-electron chi connectivity index (χ3n) is 7.00. The molecule has 1 aromatic carbocycles. The molecule has 4 unspecified atom stereocenters. The van der Waals surface area contributed by atoms with Gasteiger partial charge in [-0.1, -0.05) is 56.7 Å². The summed E-state index contributed by atoms with van der Waals surface area (Å²) in [6.07, 6.45) is 9.85. The fourth-order valence-electron chi connectivity index (χ4n) is 5.51. The molecule has 0 aromatic heterocycles. The Balaban J connectivity index is 1.75. The van der Waals surface area contributed by atoms with Gasteiger partial charge in [-0.15, -0.1) is 0 Å². The molecular formula is C23H34O2. The molecule has 0 bridgehead atoms. The van der Waals surface area contributed by atoms with Gasteiger partial charge in [0.25, 0.3) is 0 Å². The fraction of sp³-hybridized carbons (Fsp3) is 0.652. The quantitative estimate of drug-likeness (QED) is 0.769. The molecular weight excluding hydrogens is 308 g/mol. The van der Waals surface area contributed by atoms with Crippen LogP contribution in [0.1, 0.15) is 64.5 Å². The van der Waals surface area contributed by atoms with Crippen LogP contribution in [0.2, 0.25) is 0 Å². The van der Waals surface area contributed by atoms with Crippen molar-refractivity contribution in [3.8, 4) is 0 Å². The molecule has 3 rings (SSSR count). The van der Waals surface area contributed by atoms with Crippen molar-refractivity contribution in [1.29, 1.82) is 0 Å². The molecule has 0 radical (unpaired) electrons. The summed E-state index contributed by atoms with van der Waals surface area (Å²) in [4.78, 5) is 0. The predicted molar refractivity (Wildman–Crippen MR) is 103 cm³/mol. The Labute approximate surface area is 153 Å². The molecule has 25 heavy (non-hydrogen) atoms. The molecule has 2 aliphatic rings. The number of hydrogen-bond donors (Lipinski definition) is 2. The second kappa shape index (κ2) is 6.89. The molecule has 2 aliphatic carbocycles. The summed E-state index contributed by atoms with van der Waals surface area (Å²) in [7, 11) is 0. The van der Waals surface area contributed by atoms with E-state index in [0.29, 0.717) is 17.8 Å². The first kappa shape index (κ1) is 18.7. The number of hydrogen-bond acceptors (Lipinski definition) is 2. The lowest BCUT2D eigenvalue weighted by molar-refractivity contribution is -0.0238. The SMILES string of the molecule is C[C@@H]1CC(C=CCc2ccccc2C(C)(C)O)C2C(O)CCCC21C. The first-order chi connectivity index (χ1) is 11.7. The van der Waals surface area contributed by atoms with E-state index in [1.165, 1.54) is 18.4 Å². The van der Waals surface area contributed by atoms with Crippen LogP contribution in [0.4, 0.5) is 0 Å². The molecule has 2 heteroatoms. The number of fused-ring (bicyclic) bond motifs is 1. The molecule has 2 saturated carbocycles. The van der Waals surface area contributed by atoms with Gasteiger partial charge in [0.1, 0.15) is 0 Å². The Morgan fingerprint density at radius 1 is 1.28 bits per heavy atom. The molecule has 2 fully saturated rings. The minimum absolute atomic E-state index is 0.151. The number of allylic oxidation sites excluding steroid dienone is 2. The van der Waals surface area contributed by atoms with Crippen molar-refractivity contribution in [2.75, 3.05) is 0 Å². The Bertz CT molecular complexity index is 627. The van der Waals surface area contributed by atoms with Crippen LogP contribution in [-0.2, 0) is 12.0 Å². The van der Waals surface area contributed by atoms with Gasteiger partial charge in [-0.2, -0.15) is 0 Å². The third kappa shape index (κ3) is 3.57. The zero-order chi connectivity index (χ0) is 18.2. The van der Waals surface area contributed by atoms with E-state index >= 15 is 0 Å². The van der Waals surface area contributed by atoms with E-state index in [0.717, 1.165) is 24.8 Å². The lowest BCUT2D eigenvalue weighted by Crippen LogP contribution is -2.41. The Morgan fingerprint density at radius 3 is 2.72 bits per heavy atom. The normalized spacial score (nSPS) is 35.9. The van der Waals surface area contributed by atoms with Crippen LogP contribution in [0.3, 0.4) is 0 Å². The van der Waals surface area contributed by atoms with Crippen molar-refractivity contribution in [3.05, 3.63) is 47.5 Å². The highest BCUT2D eigenvalue weighted by Crippen LogP contribution is 2.58. The van der Waals surface area contributed by atoms with E-state index in [9.17, 15) is 10.2 Å². The van der Waals surface area contributed by atoms with E-state index in [1.807, 2.05) is 32.0 Å². The van der Waals surface area contributed by atoms with Gasteiger partial charge < -0.3 is 10.2 Å². The van der Waals surface area contributed by atoms with Gasteiger partial charge in [0.15, 0.2) is 0 Å². The smallest absolute Gasteiger partial charge is 0.0843 e. The number of aliphatic hydroxyl groups excluding tert-OH is 1. The summed E-state index contributed by atoms with van der Waals surface area (Å²) in [5.74, 6) is 1.55. The molecule has 2 N–H and O–H groups in total. The van der Waals surface area contributed by atoms with Crippen molar-refractivity contribution < 1.29 is 10.2 Å². The van der Waals surface area contributed by atoms with Crippen molar-refractivity contribution in [2.24, 2.45) is 23.2 Å². The maximum absolute atomic E-state index is 10.6. The summed E-state index contributed by atoms with van der Waals surface area (Å²) >= 11 is 0. The molecule has 0 saturated heterocycles. The Hall–Kier alpha value is -1.12. The topological polar surface area (TPSA) is 40.5 Å². The van der Waals surface area contributed by atoms with E-state index in [1.54, 1.807) is 0 Å². The van der Waals surface area contributed by atoms with E-state index in [-0.39, 0.29) is 11.5 Å². The molecule has 0 heterocycles. The van der Waals surface area contributed by atoms with E-state index < -0.39 is 5.60 Å². The van der Waals surface area contributed by atoms with Crippen LogP contribution in [-0.4, -0.2) is 16.3 Å². The van der Waals surface area contributed by atoms with Gasteiger partial charge >= 0.3 is 0 Å². The molecule has 1 aromatic rings. The minimum atomic E-state index is -0.815. The van der Waals surface area contributed by atoms with Crippen LogP contribution < -0.4 is 0 Å². The molecule has 0 aliphatic heterocycles. The van der Waals surface area contributed by atoms with Crippen molar-refractivity contribution >= 4 is 0 Å². The van der Waals surface area contributed by atoms with Gasteiger partial charge in [-0.3, -0.25) is 0 Å². The predicted octanol–water partition coefficient (Wildman–Crippen LogP) is 4.84. The second-order valence-electron chi connectivity index (χ2n) is 9.14. The molecule has 138 valence electrons. The van der Waals surface area contributed by atoms with Crippen LogP contribution in [0, 0.1) is 23.2 Å². The second-order valence-corrected chi connectivity index (χ2v) is 9.14. The summed E-state index contributed by atoms with van der Waals surface area (Å²) in [5, 5.41) is 21.0. The molecule has 5 atom stereocenters. The van der Waals surface area contributed by atoms with Crippen LogP contribution in [0.15, 0.2) is 36.4 Å². The van der Waals surface area contributed by atoms with Gasteiger partial charge in [-0.25, -0.2) is 0 Å².